The number of rotatable bonds is 10. The molecule has 0 aliphatic heterocycles. The second kappa shape index (κ2) is 17.5. The van der Waals surface area contributed by atoms with Crippen LogP contribution in [-0.4, -0.2) is 0 Å². The molecule has 0 bridgehead atoms. The molecule has 0 saturated heterocycles. The summed E-state index contributed by atoms with van der Waals surface area (Å²) in [7, 11) is 0. The Morgan fingerprint density at radius 3 is 0.899 bits per heavy atom. The van der Waals surface area contributed by atoms with Crippen LogP contribution >= 0.6 is 0 Å². The van der Waals surface area contributed by atoms with Crippen LogP contribution < -0.4 is 9.80 Å². The summed E-state index contributed by atoms with van der Waals surface area (Å²) in [5.74, 6) is 0. The lowest BCUT2D eigenvalue weighted by atomic mass is 9.82. The van der Waals surface area contributed by atoms with Crippen molar-refractivity contribution in [2.75, 3.05) is 9.80 Å². The Morgan fingerprint density at radius 1 is 0.232 bits per heavy atom. The Kier molecular flexibility index (Phi) is 10.6. The quantitative estimate of drug-likeness (QED) is 0.135. The van der Waals surface area contributed by atoms with Crippen LogP contribution in [0.5, 0.6) is 0 Å². The van der Waals surface area contributed by atoms with Crippen molar-refractivity contribution in [1.29, 1.82) is 0 Å². The second-order valence-electron chi connectivity index (χ2n) is 18.6. The van der Waals surface area contributed by atoms with Crippen molar-refractivity contribution < 1.29 is 0 Å². The summed E-state index contributed by atoms with van der Waals surface area (Å²) in [5, 5.41) is 2.44. The molecular weight excluding hydrogens is 833 g/mol. The van der Waals surface area contributed by atoms with E-state index in [-0.39, 0.29) is 5.41 Å². The summed E-state index contributed by atoms with van der Waals surface area (Å²) in [4.78, 5) is 4.82. The van der Waals surface area contributed by atoms with E-state index in [9.17, 15) is 0 Å². The summed E-state index contributed by atoms with van der Waals surface area (Å²) in [5.41, 5.74) is 21.3. The van der Waals surface area contributed by atoms with E-state index in [4.69, 9.17) is 0 Å². The summed E-state index contributed by atoms with van der Waals surface area (Å²) in [6, 6.07) is 97.3. The molecule has 328 valence electrons. The number of nitrogens with zero attached hydrogens (tertiary/aromatic N) is 2. The molecule has 0 saturated carbocycles. The summed E-state index contributed by atoms with van der Waals surface area (Å²) in [6.45, 7) is 4.77. The molecule has 12 rings (SSSR count). The standard InChI is InChI=1S/C67H50N2/c1-67(2)65-45-61(68(57-33-26-53(27-34-57)48-16-8-4-9-17-48)58-35-28-54(29-36-58)49-18-10-5-11-19-49)40-42-63(65)64-43-41-62(46-66(64)67)69(60-39-32-50-20-12-13-21-56(50)44-60)59-37-30-55(31-38-59)52-24-22-51(23-25-52)47-14-6-3-7-15-47/h3-46H,1-2H3. The zero-order chi connectivity index (χ0) is 46.3. The van der Waals surface area contributed by atoms with Crippen LogP contribution in [0.4, 0.5) is 34.1 Å². The first-order valence-electron chi connectivity index (χ1n) is 23.9. The lowest BCUT2D eigenvalue weighted by Crippen LogP contribution is -2.17. The molecule has 2 heteroatoms. The van der Waals surface area contributed by atoms with Crippen LogP contribution in [0.1, 0.15) is 25.0 Å². The van der Waals surface area contributed by atoms with Crippen molar-refractivity contribution in [3.05, 3.63) is 278 Å². The highest BCUT2D eigenvalue weighted by Crippen LogP contribution is 2.53. The van der Waals surface area contributed by atoms with Gasteiger partial charge in [0.2, 0.25) is 0 Å². The molecular formula is C67H50N2. The Hall–Kier alpha value is -8.72. The Morgan fingerprint density at radius 2 is 0.507 bits per heavy atom. The van der Waals surface area contributed by atoms with Gasteiger partial charge in [0.1, 0.15) is 0 Å². The van der Waals surface area contributed by atoms with Crippen molar-refractivity contribution in [2.24, 2.45) is 0 Å². The topological polar surface area (TPSA) is 6.48 Å². The van der Waals surface area contributed by atoms with Gasteiger partial charge < -0.3 is 9.80 Å². The average molecular weight is 883 g/mol. The largest absolute Gasteiger partial charge is 0.310 e. The Labute approximate surface area is 405 Å². The van der Waals surface area contributed by atoms with E-state index in [1.807, 2.05) is 0 Å². The lowest BCUT2D eigenvalue weighted by Gasteiger charge is -2.29. The normalized spacial score (nSPS) is 12.3. The molecule has 0 aromatic heterocycles. The molecule has 0 fully saturated rings. The van der Waals surface area contributed by atoms with E-state index >= 15 is 0 Å². The van der Waals surface area contributed by atoms with Gasteiger partial charge in [-0.3, -0.25) is 0 Å². The van der Waals surface area contributed by atoms with E-state index < -0.39 is 0 Å². The molecule has 69 heavy (non-hydrogen) atoms. The molecule has 2 nitrogen and oxygen atoms in total. The average Bonchev–Trinajstić information content (AvgIpc) is 3.64. The van der Waals surface area contributed by atoms with E-state index in [1.54, 1.807) is 0 Å². The molecule has 11 aromatic carbocycles. The third-order valence-electron chi connectivity index (χ3n) is 14.1. The van der Waals surface area contributed by atoms with Gasteiger partial charge in [-0.05, 0) is 150 Å². The molecule has 0 radical (unpaired) electrons. The van der Waals surface area contributed by atoms with Crippen LogP contribution in [-0.2, 0) is 5.41 Å². The molecule has 1 aliphatic rings. The third-order valence-corrected chi connectivity index (χ3v) is 14.1. The number of fused-ring (bicyclic) bond motifs is 4. The molecule has 0 amide bonds. The van der Waals surface area contributed by atoms with Crippen LogP contribution in [0.3, 0.4) is 0 Å². The fourth-order valence-electron chi connectivity index (χ4n) is 10.4. The molecule has 1 aliphatic carbocycles. The van der Waals surface area contributed by atoms with Crippen molar-refractivity contribution in [1.82, 2.24) is 0 Å². The van der Waals surface area contributed by atoms with Crippen LogP contribution in [0, 0.1) is 0 Å². The smallest absolute Gasteiger partial charge is 0.0468 e. The van der Waals surface area contributed by atoms with Crippen molar-refractivity contribution in [3.8, 4) is 55.6 Å². The molecule has 11 aromatic rings. The fraction of sp³-hybridized carbons (Fsp3) is 0.0448. The number of anilines is 6. The van der Waals surface area contributed by atoms with Crippen LogP contribution in [0.2, 0.25) is 0 Å². The second-order valence-corrected chi connectivity index (χ2v) is 18.6. The van der Waals surface area contributed by atoms with Crippen LogP contribution in [0.15, 0.2) is 267 Å². The van der Waals surface area contributed by atoms with E-state index in [2.05, 4.69) is 291 Å². The van der Waals surface area contributed by atoms with Crippen molar-refractivity contribution in [2.45, 2.75) is 19.3 Å². The van der Waals surface area contributed by atoms with Gasteiger partial charge in [-0.25, -0.2) is 0 Å². The molecule has 0 atom stereocenters. The summed E-state index contributed by atoms with van der Waals surface area (Å²) >= 11 is 0. The Bertz CT molecular complexity index is 3500. The zero-order valence-corrected chi connectivity index (χ0v) is 38.8. The number of hydrogen-bond donors (Lipinski definition) is 0. The molecule has 0 unspecified atom stereocenters. The van der Waals surface area contributed by atoms with Gasteiger partial charge >= 0.3 is 0 Å². The van der Waals surface area contributed by atoms with Gasteiger partial charge in [0.15, 0.2) is 0 Å². The first-order valence-corrected chi connectivity index (χ1v) is 23.9. The van der Waals surface area contributed by atoms with Gasteiger partial charge in [0.05, 0.1) is 0 Å². The van der Waals surface area contributed by atoms with Crippen LogP contribution in [0.25, 0.3) is 66.4 Å². The van der Waals surface area contributed by atoms with Gasteiger partial charge in [-0.1, -0.05) is 208 Å². The number of benzene rings is 11. The predicted octanol–water partition coefficient (Wildman–Crippen LogP) is 18.8. The third kappa shape index (κ3) is 7.86. The minimum Gasteiger partial charge on any atom is -0.310 e. The number of hydrogen-bond acceptors (Lipinski definition) is 2. The lowest BCUT2D eigenvalue weighted by molar-refractivity contribution is 0.660. The van der Waals surface area contributed by atoms with E-state index in [0.717, 1.165) is 34.1 Å². The molecule has 0 N–H and O–H groups in total. The maximum absolute atomic E-state index is 2.43. The maximum Gasteiger partial charge on any atom is 0.0468 e. The SMILES string of the molecule is CC1(C)c2cc(N(c3ccc(-c4ccccc4)cc3)c3ccc(-c4ccccc4)cc3)ccc2-c2ccc(N(c3ccc(-c4ccc(-c5ccccc5)cc4)cc3)c3ccc4ccccc4c3)cc21. The molecule has 0 heterocycles. The highest BCUT2D eigenvalue weighted by molar-refractivity contribution is 5.92. The zero-order valence-electron chi connectivity index (χ0n) is 38.8. The Balaban J connectivity index is 0.915. The molecule has 0 spiro atoms. The maximum atomic E-state index is 2.43. The van der Waals surface area contributed by atoms with E-state index in [1.165, 1.54) is 77.5 Å². The highest BCUT2D eigenvalue weighted by Gasteiger charge is 2.37. The predicted molar refractivity (Wildman–Crippen MR) is 293 cm³/mol. The van der Waals surface area contributed by atoms with Gasteiger partial charge in [0.25, 0.3) is 0 Å². The monoisotopic (exact) mass is 882 g/mol. The minimum absolute atomic E-state index is 0.276. The van der Waals surface area contributed by atoms with Crippen molar-refractivity contribution in [3.63, 3.8) is 0 Å². The highest BCUT2D eigenvalue weighted by atomic mass is 15.1. The van der Waals surface area contributed by atoms with Gasteiger partial charge in [0, 0.05) is 39.5 Å². The first-order chi connectivity index (χ1) is 33.9. The fourth-order valence-corrected chi connectivity index (χ4v) is 10.4. The minimum atomic E-state index is -0.276. The van der Waals surface area contributed by atoms with Gasteiger partial charge in [-0.15, -0.1) is 0 Å². The van der Waals surface area contributed by atoms with E-state index in [0.29, 0.717) is 0 Å². The van der Waals surface area contributed by atoms with Gasteiger partial charge in [-0.2, -0.15) is 0 Å². The van der Waals surface area contributed by atoms with Crippen molar-refractivity contribution >= 4 is 44.9 Å². The summed E-state index contributed by atoms with van der Waals surface area (Å²) in [6.07, 6.45) is 0. The summed E-state index contributed by atoms with van der Waals surface area (Å²) < 4.78 is 0. The first kappa shape index (κ1) is 41.7.